The molecule has 2 aromatic rings. The maximum atomic E-state index is 12.3. The Morgan fingerprint density at radius 3 is 2.33 bits per heavy atom. The summed E-state index contributed by atoms with van der Waals surface area (Å²) in [6.07, 6.45) is 1.74. The number of aryl methyl sites for hydroxylation is 1. The van der Waals surface area contributed by atoms with Crippen LogP contribution in [-0.4, -0.2) is 37.6 Å². The Morgan fingerprint density at radius 1 is 0.963 bits per heavy atom. The zero-order valence-electron chi connectivity index (χ0n) is 15.6. The van der Waals surface area contributed by atoms with Gasteiger partial charge < -0.3 is 20.9 Å². The van der Waals surface area contributed by atoms with Crippen LogP contribution in [0.25, 0.3) is 0 Å². The highest BCUT2D eigenvalue weighted by atomic mass is 16.2. The minimum atomic E-state index is -0.174. The number of nitrogens with one attached hydrogen (secondary N) is 4. The molecule has 1 aliphatic rings. The molecular weight excluding hydrogens is 340 g/mol. The number of quaternary nitrogens is 1. The molecule has 0 radical (unpaired) electrons. The van der Waals surface area contributed by atoms with Crippen molar-refractivity contribution in [1.29, 1.82) is 0 Å². The maximum Gasteiger partial charge on any atom is 0.319 e. The molecule has 1 heterocycles. The average Bonchev–Trinajstić information content (AvgIpc) is 2.66. The maximum absolute atomic E-state index is 12.3. The first kappa shape index (κ1) is 18.9. The molecule has 6 nitrogen and oxygen atoms in total. The van der Waals surface area contributed by atoms with E-state index in [4.69, 9.17) is 0 Å². The van der Waals surface area contributed by atoms with E-state index in [2.05, 4.69) is 16.0 Å². The summed E-state index contributed by atoms with van der Waals surface area (Å²) in [5.41, 5.74) is 2.72. The van der Waals surface area contributed by atoms with Crippen LogP contribution in [0.4, 0.5) is 16.2 Å². The van der Waals surface area contributed by atoms with Crippen LogP contribution >= 0.6 is 0 Å². The van der Waals surface area contributed by atoms with E-state index in [-0.39, 0.29) is 18.0 Å². The smallest absolute Gasteiger partial charge is 0.319 e. The van der Waals surface area contributed by atoms with Gasteiger partial charge in [-0.1, -0.05) is 36.4 Å². The highest BCUT2D eigenvalue weighted by molar-refractivity contribution is 5.92. The molecule has 0 atom stereocenters. The van der Waals surface area contributed by atoms with Gasteiger partial charge in [-0.2, -0.15) is 0 Å². The standard InChI is InChI=1S/C21H26N4O2/c1-16-7-5-6-10-19(16)24-20(26)15-25-13-11-18(12-14-25)23-21(27)22-17-8-3-2-4-9-17/h2-10,18H,11-15H2,1H3,(H,24,26)(H2,22,23,27)/p+1. The predicted molar refractivity (Wildman–Crippen MR) is 107 cm³/mol. The second kappa shape index (κ2) is 9.19. The van der Waals surface area contributed by atoms with E-state index in [1.54, 1.807) is 0 Å². The number of hydrogen-bond donors (Lipinski definition) is 4. The van der Waals surface area contributed by atoms with Gasteiger partial charge in [0.2, 0.25) is 0 Å². The number of anilines is 2. The van der Waals surface area contributed by atoms with Gasteiger partial charge in [-0.05, 0) is 30.7 Å². The topological polar surface area (TPSA) is 74.7 Å². The third kappa shape index (κ3) is 5.82. The van der Waals surface area contributed by atoms with Crippen LogP contribution in [0, 0.1) is 6.92 Å². The third-order valence-corrected chi connectivity index (χ3v) is 4.89. The van der Waals surface area contributed by atoms with Gasteiger partial charge in [-0.3, -0.25) is 4.79 Å². The third-order valence-electron chi connectivity index (χ3n) is 4.89. The number of likely N-dealkylation sites (tertiary alicyclic amines) is 1. The second-order valence-corrected chi connectivity index (χ2v) is 7.03. The Hall–Kier alpha value is -2.86. The number of benzene rings is 2. The van der Waals surface area contributed by atoms with E-state index >= 15 is 0 Å². The van der Waals surface area contributed by atoms with Crippen molar-refractivity contribution in [2.45, 2.75) is 25.8 Å². The van der Waals surface area contributed by atoms with Gasteiger partial charge in [-0.25, -0.2) is 4.79 Å². The summed E-state index contributed by atoms with van der Waals surface area (Å²) in [6, 6.07) is 17.2. The first-order chi connectivity index (χ1) is 13.1. The molecule has 1 aliphatic heterocycles. The Balaban J connectivity index is 1.39. The summed E-state index contributed by atoms with van der Waals surface area (Å²) < 4.78 is 0. The van der Waals surface area contributed by atoms with E-state index in [1.165, 1.54) is 4.90 Å². The molecule has 0 aromatic heterocycles. The molecule has 0 unspecified atom stereocenters. The minimum absolute atomic E-state index is 0.0347. The lowest BCUT2D eigenvalue weighted by atomic mass is 10.1. The SMILES string of the molecule is Cc1ccccc1NC(=O)C[NH+]1CCC(NC(=O)Nc2ccccc2)CC1. The largest absolute Gasteiger partial charge is 0.335 e. The number of carbonyl (C=O) groups is 2. The number of para-hydroxylation sites is 2. The zero-order valence-corrected chi connectivity index (χ0v) is 15.6. The van der Waals surface area contributed by atoms with Crippen LogP contribution in [-0.2, 0) is 4.79 Å². The Labute approximate surface area is 159 Å². The van der Waals surface area contributed by atoms with E-state index in [0.29, 0.717) is 6.54 Å². The number of amides is 3. The fourth-order valence-corrected chi connectivity index (χ4v) is 3.36. The molecule has 3 rings (SSSR count). The summed E-state index contributed by atoms with van der Waals surface area (Å²) in [5.74, 6) is 0.0347. The number of piperidine rings is 1. The van der Waals surface area contributed by atoms with Gasteiger partial charge in [0.1, 0.15) is 0 Å². The summed E-state index contributed by atoms with van der Waals surface area (Å²) in [7, 11) is 0. The molecule has 0 saturated carbocycles. The van der Waals surface area contributed by atoms with Gasteiger partial charge in [-0.15, -0.1) is 0 Å². The lowest BCUT2D eigenvalue weighted by Gasteiger charge is -2.29. The van der Waals surface area contributed by atoms with Gasteiger partial charge >= 0.3 is 6.03 Å². The van der Waals surface area contributed by atoms with Gasteiger partial charge in [0.25, 0.3) is 5.91 Å². The normalized spacial score (nSPS) is 19.1. The summed E-state index contributed by atoms with van der Waals surface area (Å²) in [4.78, 5) is 25.6. The lowest BCUT2D eigenvalue weighted by Crippen LogP contribution is -3.14. The van der Waals surface area contributed by atoms with Gasteiger partial charge in [0.15, 0.2) is 6.54 Å². The van der Waals surface area contributed by atoms with Crippen LogP contribution in [0.3, 0.4) is 0 Å². The van der Waals surface area contributed by atoms with Crippen molar-refractivity contribution in [3.05, 3.63) is 60.2 Å². The molecule has 0 aliphatic carbocycles. The van der Waals surface area contributed by atoms with E-state index in [9.17, 15) is 9.59 Å². The first-order valence-corrected chi connectivity index (χ1v) is 9.42. The Bertz CT molecular complexity index is 771. The first-order valence-electron chi connectivity index (χ1n) is 9.42. The van der Waals surface area contributed by atoms with Gasteiger partial charge in [0, 0.05) is 30.3 Å². The van der Waals surface area contributed by atoms with Crippen molar-refractivity contribution < 1.29 is 14.5 Å². The fourth-order valence-electron chi connectivity index (χ4n) is 3.36. The minimum Gasteiger partial charge on any atom is -0.335 e. The lowest BCUT2D eigenvalue weighted by molar-refractivity contribution is -0.897. The van der Waals surface area contributed by atoms with Crippen molar-refractivity contribution in [2.24, 2.45) is 0 Å². The molecule has 27 heavy (non-hydrogen) atoms. The quantitative estimate of drug-likeness (QED) is 0.651. The van der Waals surface area contributed by atoms with Crippen LogP contribution in [0.15, 0.2) is 54.6 Å². The van der Waals surface area contributed by atoms with Crippen LogP contribution < -0.4 is 20.9 Å². The fraction of sp³-hybridized carbons (Fsp3) is 0.333. The van der Waals surface area contributed by atoms with Crippen molar-refractivity contribution in [3.63, 3.8) is 0 Å². The second-order valence-electron chi connectivity index (χ2n) is 7.03. The molecule has 2 aromatic carbocycles. The van der Waals surface area contributed by atoms with Crippen LogP contribution in [0.2, 0.25) is 0 Å². The molecule has 1 fully saturated rings. The van der Waals surface area contributed by atoms with E-state index in [1.807, 2.05) is 61.5 Å². The highest BCUT2D eigenvalue weighted by Gasteiger charge is 2.25. The molecular formula is C21H27N4O2+. The zero-order chi connectivity index (χ0) is 19.1. The van der Waals surface area contributed by atoms with Crippen LogP contribution in [0.1, 0.15) is 18.4 Å². The van der Waals surface area contributed by atoms with Crippen molar-refractivity contribution in [2.75, 3.05) is 30.3 Å². The summed E-state index contributed by atoms with van der Waals surface area (Å²) in [5, 5.41) is 8.86. The Morgan fingerprint density at radius 2 is 1.63 bits per heavy atom. The van der Waals surface area contributed by atoms with E-state index in [0.717, 1.165) is 42.9 Å². The molecule has 0 spiro atoms. The van der Waals surface area contributed by atoms with Crippen LogP contribution in [0.5, 0.6) is 0 Å². The average molecular weight is 367 g/mol. The summed E-state index contributed by atoms with van der Waals surface area (Å²) >= 11 is 0. The molecule has 4 N–H and O–H groups in total. The van der Waals surface area contributed by atoms with E-state index < -0.39 is 0 Å². The van der Waals surface area contributed by atoms with Crippen molar-refractivity contribution >= 4 is 23.3 Å². The number of rotatable bonds is 5. The molecule has 142 valence electrons. The summed E-state index contributed by atoms with van der Waals surface area (Å²) in [6.45, 7) is 4.19. The monoisotopic (exact) mass is 367 g/mol. The van der Waals surface area contributed by atoms with Gasteiger partial charge in [0.05, 0.1) is 13.1 Å². The number of urea groups is 1. The predicted octanol–water partition coefficient (Wildman–Crippen LogP) is 1.80. The van der Waals surface area contributed by atoms with Crippen molar-refractivity contribution in [1.82, 2.24) is 5.32 Å². The van der Waals surface area contributed by atoms with Crippen molar-refractivity contribution in [3.8, 4) is 0 Å². The Kier molecular flexibility index (Phi) is 6.44. The molecule has 1 saturated heterocycles. The number of hydrogen-bond acceptors (Lipinski definition) is 2. The number of carbonyl (C=O) groups excluding carboxylic acids is 2. The highest BCUT2D eigenvalue weighted by Crippen LogP contribution is 2.12. The molecule has 0 bridgehead atoms. The molecule has 6 heteroatoms. The molecule has 3 amide bonds.